The Bertz CT molecular complexity index is 582. The maximum Gasteiger partial charge on any atom is 0.256 e. The molecule has 1 aliphatic heterocycles. The number of amides is 1. The van der Waals surface area contributed by atoms with Crippen LogP contribution in [0.1, 0.15) is 25.7 Å². The van der Waals surface area contributed by atoms with Gasteiger partial charge in [-0.1, -0.05) is 0 Å². The number of aliphatic hydroxyl groups is 1. The highest BCUT2D eigenvalue weighted by atomic mass is 19.1. The third-order valence-electron chi connectivity index (χ3n) is 3.73. The first-order valence-electron chi connectivity index (χ1n) is 6.31. The first-order valence-corrected chi connectivity index (χ1v) is 6.31. The van der Waals surface area contributed by atoms with Crippen molar-refractivity contribution in [2.45, 2.75) is 31.9 Å². The second kappa shape index (κ2) is 4.35. The first kappa shape index (κ1) is 12.2. The molecule has 1 aromatic carbocycles. The van der Waals surface area contributed by atoms with Crippen molar-refractivity contribution < 1.29 is 19.4 Å². The van der Waals surface area contributed by atoms with Crippen molar-refractivity contribution in [1.82, 2.24) is 0 Å². The lowest BCUT2D eigenvalue weighted by Gasteiger charge is -2.23. The maximum absolute atomic E-state index is 13.8. The quantitative estimate of drug-likeness (QED) is 0.815. The highest BCUT2D eigenvalue weighted by Gasteiger charge is 2.40. The molecule has 1 heterocycles. The number of anilines is 1. The minimum absolute atomic E-state index is 0.0769. The van der Waals surface area contributed by atoms with Gasteiger partial charge < -0.3 is 10.2 Å². The number of hydrogen-bond acceptors (Lipinski definition) is 3. The number of aromatic hydroxyl groups is 1. The lowest BCUT2D eigenvalue weighted by atomic mass is 9.93. The Labute approximate surface area is 109 Å². The van der Waals surface area contributed by atoms with Gasteiger partial charge >= 0.3 is 0 Å². The maximum atomic E-state index is 13.8. The van der Waals surface area contributed by atoms with Crippen LogP contribution >= 0.6 is 0 Å². The fraction of sp³-hybridized carbons (Fsp3) is 0.357. The predicted molar refractivity (Wildman–Crippen MR) is 67.1 cm³/mol. The summed E-state index contributed by atoms with van der Waals surface area (Å²) in [5.74, 6) is -1.13. The third kappa shape index (κ3) is 1.81. The summed E-state index contributed by atoms with van der Waals surface area (Å²) in [6, 6.07) is 3.45. The number of carbonyl (C=O) groups excluding carboxylic acids is 1. The lowest BCUT2D eigenvalue weighted by molar-refractivity contribution is -0.115. The van der Waals surface area contributed by atoms with E-state index in [4.69, 9.17) is 0 Å². The number of aliphatic hydroxyl groups excluding tert-OH is 1. The molecule has 2 N–H and O–H groups in total. The van der Waals surface area contributed by atoms with Crippen LogP contribution < -0.4 is 4.90 Å². The Hall–Kier alpha value is -1.88. The Balaban J connectivity index is 2.04. The van der Waals surface area contributed by atoms with Crippen LogP contribution in [0.15, 0.2) is 29.3 Å². The molecule has 1 amide bonds. The SMILES string of the molecule is O=C1C2=C(CCCC2)C(O)N1c1cc(O)ccc1F. The van der Waals surface area contributed by atoms with E-state index >= 15 is 0 Å². The van der Waals surface area contributed by atoms with Crippen molar-refractivity contribution in [2.24, 2.45) is 0 Å². The fourth-order valence-electron chi connectivity index (χ4n) is 2.80. The lowest BCUT2D eigenvalue weighted by Crippen LogP contribution is -2.36. The fourth-order valence-corrected chi connectivity index (χ4v) is 2.80. The summed E-state index contributed by atoms with van der Waals surface area (Å²) in [4.78, 5) is 13.3. The van der Waals surface area contributed by atoms with E-state index in [2.05, 4.69) is 0 Å². The molecular weight excluding hydrogens is 249 g/mol. The number of benzene rings is 1. The molecule has 1 atom stereocenters. The molecule has 0 saturated carbocycles. The summed E-state index contributed by atoms with van der Waals surface area (Å²) >= 11 is 0. The molecular formula is C14H14FNO3. The van der Waals surface area contributed by atoms with Crippen molar-refractivity contribution in [3.8, 4) is 5.75 Å². The number of carbonyl (C=O) groups is 1. The van der Waals surface area contributed by atoms with E-state index in [0.717, 1.165) is 29.9 Å². The van der Waals surface area contributed by atoms with Gasteiger partial charge in [0.25, 0.3) is 5.91 Å². The van der Waals surface area contributed by atoms with E-state index in [1.807, 2.05) is 0 Å². The monoisotopic (exact) mass is 263 g/mol. The van der Waals surface area contributed by atoms with Gasteiger partial charge in [-0.15, -0.1) is 0 Å². The molecule has 2 aliphatic rings. The van der Waals surface area contributed by atoms with E-state index in [9.17, 15) is 19.4 Å². The topological polar surface area (TPSA) is 60.8 Å². The summed E-state index contributed by atoms with van der Waals surface area (Å²) in [5.41, 5.74) is 1.22. The van der Waals surface area contributed by atoms with Crippen molar-refractivity contribution in [1.29, 1.82) is 0 Å². The van der Waals surface area contributed by atoms with Crippen LogP contribution in [-0.4, -0.2) is 22.3 Å². The van der Waals surface area contributed by atoms with E-state index in [-0.39, 0.29) is 17.3 Å². The van der Waals surface area contributed by atoms with Crippen LogP contribution in [0.4, 0.5) is 10.1 Å². The molecule has 0 fully saturated rings. The van der Waals surface area contributed by atoms with Crippen molar-refractivity contribution in [3.05, 3.63) is 35.2 Å². The molecule has 0 bridgehead atoms. The molecule has 100 valence electrons. The Morgan fingerprint density at radius 1 is 1.26 bits per heavy atom. The van der Waals surface area contributed by atoms with Crippen molar-refractivity contribution >= 4 is 11.6 Å². The number of phenolic OH excluding ortho intramolecular Hbond substituents is 1. The van der Waals surface area contributed by atoms with Gasteiger partial charge in [0.1, 0.15) is 11.6 Å². The minimum atomic E-state index is -1.11. The van der Waals surface area contributed by atoms with Crippen LogP contribution in [0.5, 0.6) is 5.75 Å². The summed E-state index contributed by atoms with van der Waals surface area (Å²) in [6.07, 6.45) is 2.02. The smallest absolute Gasteiger partial charge is 0.256 e. The van der Waals surface area contributed by atoms with E-state index < -0.39 is 12.0 Å². The van der Waals surface area contributed by atoms with Crippen molar-refractivity contribution in [3.63, 3.8) is 0 Å². The van der Waals surface area contributed by atoms with Crippen molar-refractivity contribution in [2.75, 3.05) is 4.90 Å². The first-order chi connectivity index (χ1) is 9.09. The summed E-state index contributed by atoms with van der Waals surface area (Å²) in [7, 11) is 0. The summed E-state index contributed by atoms with van der Waals surface area (Å²) in [6.45, 7) is 0. The molecule has 1 aliphatic carbocycles. The molecule has 0 spiro atoms. The predicted octanol–water partition coefficient (Wildman–Crippen LogP) is 2.07. The highest BCUT2D eigenvalue weighted by Crippen LogP contribution is 2.39. The van der Waals surface area contributed by atoms with E-state index in [1.54, 1.807) is 0 Å². The van der Waals surface area contributed by atoms with E-state index in [1.165, 1.54) is 6.07 Å². The Morgan fingerprint density at radius 3 is 2.74 bits per heavy atom. The molecule has 0 radical (unpaired) electrons. The zero-order valence-corrected chi connectivity index (χ0v) is 10.3. The number of phenols is 1. The van der Waals surface area contributed by atoms with Gasteiger partial charge in [0.05, 0.1) is 5.69 Å². The third-order valence-corrected chi connectivity index (χ3v) is 3.73. The Morgan fingerprint density at radius 2 is 2.00 bits per heavy atom. The molecule has 19 heavy (non-hydrogen) atoms. The Kier molecular flexibility index (Phi) is 2.78. The van der Waals surface area contributed by atoms with Crippen LogP contribution in [-0.2, 0) is 4.79 Å². The molecule has 0 aromatic heterocycles. The molecule has 1 unspecified atom stereocenters. The second-order valence-electron chi connectivity index (χ2n) is 4.90. The molecule has 0 saturated heterocycles. The molecule has 4 nitrogen and oxygen atoms in total. The number of hydrogen-bond donors (Lipinski definition) is 2. The zero-order chi connectivity index (χ0) is 13.6. The largest absolute Gasteiger partial charge is 0.508 e. The average molecular weight is 263 g/mol. The van der Waals surface area contributed by atoms with Crippen LogP contribution in [0.2, 0.25) is 0 Å². The molecule has 5 heteroatoms. The van der Waals surface area contributed by atoms with Crippen LogP contribution in [0.25, 0.3) is 0 Å². The minimum Gasteiger partial charge on any atom is -0.508 e. The van der Waals surface area contributed by atoms with Gasteiger partial charge in [0, 0.05) is 11.6 Å². The highest BCUT2D eigenvalue weighted by molar-refractivity contribution is 6.10. The number of halogens is 1. The normalized spacial score (nSPS) is 22.9. The number of nitrogens with zero attached hydrogens (tertiary/aromatic N) is 1. The van der Waals surface area contributed by atoms with Gasteiger partial charge in [-0.25, -0.2) is 4.39 Å². The summed E-state index contributed by atoms with van der Waals surface area (Å²) < 4.78 is 13.8. The summed E-state index contributed by atoms with van der Waals surface area (Å²) in [5, 5.41) is 19.7. The molecule has 3 rings (SSSR count). The van der Waals surface area contributed by atoms with Crippen LogP contribution in [0, 0.1) is 5.82 Å². The van der Waals surface area contributed by atoms with Gasteiger partial charge in [-0.3, -0.25) is 9.69 Å². The van der Waals surface area contributed by atoms with Gasteiger partial charge in [0.2, 0.25) is 0 Å². The van der Waals surface area contributed by atoms with Gasteiger partial charge in [-0.05, 0) is 43.4 Å². The van der Waals surface area contributed by atoms with Gasteiger partial charge in [-0.2, -0.15) is 0 Å². The van der Waals surface area contributed by atoms with E-state index in [0.29, 0.717) is 24.0 Å². The average Bonchev–Trinajstić information content (AvgIpc) is 2.66. The van der Waals surface area contributed by atoms with Crippen LogP contribution in [0.3, 0.4) is 0 Å². The standard InChI is InChI=1S/C14H14FNO3/c15-11-6-5-8(17)7-12(11)16-13(18)9-3-1-2-4-10(9)14(16)19/h5-7,13,17-18H,1-4H2. The molecule has 1 aromatic rings. The zero-order valence-electron chi connectivity index (χ0n) is 10.3. The van der Waals surface area contributed by atoms with Gasteiger partial charge in [0.15, 0.2) is 6.23 Å². The number of rotatable bonds is 1. The second-order valence-corrected chi connectivity index (χ2v) is 4.90.